The van der Waals surface area contributed by atoms with Crippen LogP contribution in [0.5, 0.6) is 0 Å². The summed E-state index contributed by atoms with van der Waals surface area (Å²) in [6.45, 7) is 2.71. The van der Waals surface area contributed by atoms with Crippen molar-refractivity contribution in [3.8, 4) is 11.8 Å². The van der Waals surface area contributed by atoms with Gasteiger partial charge in [-0.1, -0.05) is 18.9 Å². The lowest BCUT2D eigenvalue weighted by molar-refractivity contribution is 0.0946. The molecule has 0 N–H and O–H groups in total. The van der Waals surface area contributed by atoms with Gasteiger partial charge in [-0.25, -0.2) is 4.98 Å². The standard InChI is InChI=1S/C17H13N3O/c1-12-9-20-10-13(8-15(20)17(12)21)5-6-14-11-19-7-3-2-4-16(19)18-14/h2-4,7-8,10-12H,9H2,1H3. The van der Waals surface area contributed by atoms with Gasteiger partial charge in [0.15, 0.2) is 5.78 Å². The Kier molecular flexibility index (Phi) is 2.48. The van der Waals surface area contributed by atoms with Gasteiger partial charge in [0.25, 0.3) is 0 Å². The van der Waals surface area contributed by atoms with E-state index in [-0.39, 0.29) is 11.7 Å². The molecule has 0 saturated heterocycles. The number of rotatable bonds is 0. The molecule has 21 heavy (non-hydrogen) atoms. The van der Waals surface area contributed by atoms with Gasteiger partial charge in [-0.2, -0.15) is 0 Å². The van der Waals surface area contributed by atoms with E-state index in [1.54, 1.807) is 0 Å². The number of hydrogen-bond donors (Lipinski definition) is 0. The highest BCUT2D eigenvalue weighted by Crippen LogP contribution is 2.22. The van der Waals surface area contributed by atoms with E-state index in [9.17, 15) is 4.79 Å². The molecule has 0 aliphatic carbocycles. The largest absolute Gasteiger partial charge is 0.343 e. The minimum absolute atomic E-state index is 0.0837. The first-order chi connectivity index (χ1) is 10.2. The maximum Gasteiger partial charge on any atom is 0.183 e. The summed E-state index contributed by atoms with van der Waals surface area (Å²) in [6.07, 6.45) is 5.79. The Bertz CT molecular complexity index is 887. The molecule has 3 aromatic heterocycles. The van der Waals surface area contributed by atoms with Crippen molar-refractivity contribution in [2.24, 2.45) is 5.92 Å². The molecule has 1 atom stereocenters. The number of carbonyl (C=O) groups excluding carboxylic acids is 1. The molecule has 0 fully saturated rings. The molecule has 4 heterocycles. The van der Waals surface area contributed by atoms with Crippen LogP contribution in [0.3, 0.4) is 0 Å². The summed E-state index contributed by atoms with van der Waals surface area (Å²) in [7, 11) is 0. The van der Waals surface area contributed by atoms with E-state index in [0.29, 0.717) is 0 Å². The van der Waals surface area contributed by atoms with Crippen molar-refractivity contribution in [2.75, 3.05) is 0 Å². The maximum atomic E-state index is 11.9. The molecule has 0 aromatic carbocycles. The second-order valence-electron chi connectivity index (χ2n) is 5.37. The van der Waals surface area contributed by atoms with Crippen LogP contribution in [0.15, 0.2) is 42.9 Å². The fourth-order valence-electron chi connectivity index (χ4n) is 2.70. The van der Waals surface area contributed by atoms with Gasteiger partial charge in [-0.3, -0.25) is 4.79 Å². The van der Waals surface area contributed by atoms with E-state index in [4.69, 9.17) is 0 Å². The molecule has 0 bridgehead atoms. The Hall–Kier alpha value is -2.80. The van der Waals surface area contributed by atoms with Crippen LogP contribution in [0.25, 0.3) is 5.65 Å². The van der Waals surface area contributed by atoms with Crippen LogP contribution in [-0.2, 0) is 6.54 Å². The summed E-state index contributed by atoms with van der Waals surface area (Å²) in [5.41, 5.74) is 3.24. The normalized spacial score (nSPS) is 16.8. The highest BCUT2D eigenvalue weighted by molar-refractivity contribution is 5.98. The molecule has 1 unspecified atom stereocenters. The first-order valence-electron chi connectivity index (χ1n) is 6.91. The van der Waals surface area contributed by atoms with Crippen LogP contribution >= 0.6 is 0 Å². The minimum Gasteiger partial charge on any atom is -0.343 e. The van der Waals surface area contributed by atoms with Gasteiger partial charge in [-0.05, 0) is 24.1 Å². The van der Waals surface area contributed by atoms with Gasteiger partial charge in [-0.15, -0.1) is 0 Å². The number of Topliss-reactive ketones (excluding diaryl/α,β-unsaturated/α-hetero) is 1. The van der Waals surface area contributed by atoms with Crippen molar-refractivity contribution < 1.29 is 4.79 Å². The number of hydrogen-bond acceptors (Lipinski definition) is 2. The molecule has 0 amide bonds. The smallest absolute Gasteiger partial charge is 0.183 e. The molecule has 102 valence electrons. The Morgan fingerprint density at radius 2 is 2.19 bits per heavy atom. The zero-order valence-electron chi connectivity index (χ0n) is 11.6. The number of carbonyl (C=O) groups is 1. The first kappa shape index (κ1) is 12.0. The van der Waals surface area contributed by atoms with Crippen LogP contribution in [0, 0.1) is 17.8 Å². The van der Waals surface area contributed by atoms with Crippen molar-refractivity contribution >= 4 is 11.4 Å². The van der Waals surface area contributed by atoms with Gasteiger partial charge in [0.05, 0.1) is 5.69 Å². The second-order valence-corrected chi connectivity index (χ2v) is 5.37. The van der Waals surface area contributed by atoms with Gasteiger partial charge < -0.3 is 8.97 Å². The lowest BCUT2D eigenvalue weighted by Gasteiger charge is -1.95. The average molecular weight is 275 g/mol. The number of imidazole rings is 1. The van der Waals surface area contributed by atoms with Gasteiger partial charge in [0, 0.05) is 36.6 Å². The lowest BCUT2D eigenvalue weighted by atomic mass is 10.1. The fraction of sp³-hybridized carbons (Fsp3) is 0.176. The lowest BCUT2D eigenvalue weighted by Crippen LogP contribution is -2.03. The number of pyridine rings is 1. The van der Waals surface area contributed by atoms with Crippen LogP contribution in [0.1, 0.15) is 28.7 Å². The molecule has 0 saturated carbocycles. The Morgan fingerprint density at radius 3 is 3.00 bits per heavy atom. The van der Waals surface area contributed by atoms with Crippen LogP contribution < -0.4 is 0 Å². The Labute approximate surface area is 122 Å². The average Bonchev–Trinajstić information content (AvgIpc) is 3.12. The minimum atomic E-state index is 0.0837. The third-order valence-electron chi connectivity index (χ3n) is 3.77. The third-order valence-corrected chi connectivity index (χ3v) is 3.77. The zero-order valence-corrected chi connectivity index (χ0v) is 11.6. The van der Waals surface area contributed by atoms with Gasteiger partial charge in [0.2, 0.25) is 0 Å². The van der Waals surface area contributed by atoms with Crippen molar-refractivity contribution in [3.63, 3.8) is 0 Å². The van der Waals surface area contributed by atoms with E-state index >= 15 is 0 Å². The molecule has 0 radical (unpaired) electrons. The fourth-order valence-corrected chi connectivity index (χ4v) is 2.70. The van der Waals surface area contributed by atoms with Crippen molar-refractivity contribution in [2.45, 2.75) is 13.5 Å². The Balaban J connectivity index is 1.67. The molecule has 4 rings (SSSR count). The summed E-state index contributed by atoms with van der Waals surface area (Å²) >= 11 is 0. The number of ketones is 1. The van der Waals surface area contributed by atoms with Crippen molar-refractivity contribution in [1.29, 1.82) is 0 Å². The van der Waals surface area contributed by atoms with Crippen molar-refractivity contribution in [3.05, 3.63) is 59.8 Å². The Morgan fingerprint density at radius 1 is 1.29 bits per heavy atom. The van der Waals surface area contributed by atoms with Crippen LogP contribution in [0.4, 0.5) is 0 Å². The van der Waals surface area contributed by atoms with Crippen LogP contribution in [0.2, 0.25) is 0 Å². The van der Waals surface area contributed by atoms with Gasteiger partial charge >= 0.3 is 0 Å². The molecule has 1 aliphatic heterocycles. The molecule has 3 aromatic rings. The molecule has 0 spiro atoms. The predicted molar refractivity (Wildman–Crippen MR) is 79.1 cm³/mol. The predicted octanol–water partition coefficient (Wildman–Crippen LogP) is 2.37. The summed E-state index contributed by atoms with van der Waals surface area (Å²) in [4.78, 5) is 16.4. The zero-order chi connectivity index (χ0) is 14.4. The first-order valence-corrected chi connectivity index (χ1v) is 6.91. The van der Waals surface area contributed by atoms with Gasteiger partial charge in [0.1, 0.15) is 11.3 Å². The number of aromatic nitrogens is 3. The molecule has 1 aliphatic rings. The highest BCUT2D eigenvalue weighted by Gasteiger charge is 2.27. The number of nitrogens with zero attached hydrogens (tertiary/aromatic N) is 3. The third kappa shape index (κ3) is 1.95. The van der Waals surface area contributed by atoms with Crippen molar-refractivity contribution in [1.82, 2.24) is 14.0 Å². The second kappa shape index (κ2) is 4.35. The molecular weight excluding hydrogens is 262 g/mol. The SMILES string of the molecule is CC1Cn2cc(C#Cc3cn4ccccc4n3)cc2C1=O. The molecular formula is C17H13N3O. The quantitative estimate of drug-likeness (QED) is 0.591. The van der Waals surface area contributed by atoms with Crippen LogP contribution in [-0.4, -0.2) is 19.7 Å². The highest BCUT2D eigenvalue weighted by atomic mass is 16.1. The number of fused-ring (bicyclic) bond motifs is 2. The van der Waals surface area contributed by atoms with E-state index in [2.05, 4.69) is 16.8 Å². The topological polar surface area (TPSA) is 39.3 Å². The maximum absolute atomic E-state index is 11.9. The summed E-state index contributed by atoms with van der Waals surface area (Å²) in [6, 6.07) is 7.72. The molecule has 4 heteroatoms. The van der Waals surface area contributed by atoms with E-state index < -0.39 is 0 Å². The summed E-state index contributed by atoms with van der Waals surface area (Å²) in [5, 5.41) is 0. The van der Waals surface area contributed by atoms with E-state index in [1.807, 2.05) is 58.7 Å². The summed E-state index contributed by atoms with van der Waals surface area (Å²) in [5.74, 6) is 6.43. The van der Waals surface area contributed by atoms with E-state index in [0.717, 1.165) is 29.1 Å². The summed E-state index contributed by atoms with van der Waals surface area (Å²) < 4.78 is 3.93. The molecule has 4 nitrogen and oxygen atoms in total. The van der Waals surface area contributed by atoms with E-state index in [1.165, 1.54) is 0 Å². The monoisotopic (exact) mass is 275 g/mol.